The molecule has 0 radical (unpaired) electrons. The summed E-state index contributed by atoms with van der Waals surface area (Å²) < 4.78 is 0. The number of hydrogen-bond acceptors (Lipinski definition) is 0. The number of H-pyrrole nitrogens is 1. The van der Waals surface area contributed by atoms with Gasteiger partial charge in [0, 0.05) is 27.5 Å². The van der Waals surface area contributed by atoms with Crippen LogP contribution in [0.2, 0.25) is 5.02 Å². The molecule has 3 heteroatoms. The van der Waals surface area contributed by atoms with Crippen molar-refractivity contribution >= 4 is 38.4 Å². The molecule has 0 aliphatic heterocycles. The molecular weight excluding hydrogens is 237 g/mol. The van der Waals surface area contributed by atoms with Crippen molar-refractivity contribution in [2.24, 2.45) is 0 Å². The fourth-order valence-electron chi connectivity index (χ4n) is 1.26. The molecule has 0 bridgehead atoms. The van der Waals surface area contributed by atoms with E-state index < -0.39 is 0 Å². The number of alkyl halides is 1. The molecule has 0 amide bonds. The lowest BCUT2D eigenvalue weighted by Gasteiger charge is -1.93. The fourth-order valence-corrected chi connectivity index (χ4v) is 1.90. The molecule has 1 nitrogen and oxygen atoms in total. The van der Waals surface area contributed by atoms with E-state index in [-0.39, 0.29) is 0 Å². The molecule has 2 aromatic rings. The molecule has 0 unspecified atom stereocenters. The molecule has 0 saturated heterocycles. The van der Waals surface area contributed by atoms with Crippen LogP contribution in [0.4, 0.5) is 0 Å². The molecule has 2 rings (SSSR count). The normalized spacial score (nSPS) is 10.8. The van der Waals surface area contributed by atoms with Crippen molar-refractivity contribution in [2.75, 3.05) is 0 Å². The summed E-state index contributed by atoms with van der Waals surface area (Å²) in [5, 5.41) is 2.83. The van der Waals surface area contributed by atoms with Gasteiger partial charge in [-0.1, -0.05) is 27.5 Å². The summed E-state index contributed by atoms with van der Waals surface area (Å²) in [6, 6.07) is 5.85. The third kappa shape index (κ3) is 1.25. The van der Waals surface area contributed by atoms with Gasteiger partial charge in [0.25, 0.3) is 0 Å². The molecule has 12 heavy (non-hydrogen) atoms. The van der Waals surface area contributed by atoms with Gasteiger partial charge in [0.05, 0.1) is 0 Å². The predicted molar refractivity (Wildman–Crippen MR) is 55.9 cm³/mol. The first-order valence-corrected chi connectivity index (χ1v) is 5.12. The zero-order valence-corrected chi connectivity index (χ0v) is 8.61. The average Bonchev–Trinajstić information content (AvgIpc) is 2.46. The predicted octanol–water partition coefficient (Wildman–Crippen LogP) is 3.72. The van der Waals surface area contributed by atoms with E-state index in [0.717, 1.165) is 15.9 Å². The number of aromatic nitrogens is 1. The molecule has 62 valence electrons. The Balaban J connectivity index is 2.75. The Kier molecular flexibility index (Phi) is 2.11. The number of hydrogen-bond donors (Lipinski definition) is 1. The molecule has 1 heterocycles. The van der Waals surface area contributed by atoms with Gasteiger partial charge in [-0.3, -0.25) is 0 Å². The highest BCUT2D eigenvalue weighted by Crippen LogP contribution is 2.23. The van der Waals surface area contributed by atoms with Crippen LogP contribution in [0.5, 0.6) is 0 Å². The standard InChI is InChI=1S/C9H7BrClN/c10-4-6-5-12-9-2-1-7(11)3-8(6)9/h1-3,5,12H,4H2. The average molecular weight is 245 g/mol. The van der Waals surface area contributed by atoms with Crippen LogP contribution in [0.1, 0.15) is 5.56 Å². The van der Waals surface area contributed by atoms with Crippen LogP contribution >= 0.6 is 27.5 Å². The summed E-state index contributed by atoms with van der Waals surface area (Å²) in [7, 11) is 0. The van der Waals surface area contributed by atoms with Gasteiger partial charge in [0.2, 0.25) is 0 Å². The van der Waals surface area contributed by atoms with Gasteiger partial charge >= 0.3 is 0 Å². The van der Waals surface area contributed by atoms with E-state index in [1.54, 1.807) is 0 Å². The maximum atomic E-state index is 5.88. The largest absolute Gasteiger partial charge is 0.361 e. The van der Waals surface area contributed by atoms with Gasteiger partial charge < -0.3 is 4.98 Å². The van der Waals surface area contributed by atoms with Crippen LogP contribution in [0, 0.1) is 0 Å². The van der Waals surface area contributed by atoms with Crippen LogP contribution < -0.4 is 0 Å². The second-order valence-electron chi connectivity index (χ2n) is 2.64. The van der Waals surface area contributed by atoms with E-state index in [0.29, 0.717) is 0 Å². The minimum absolute atomic E-state index is 0.782. The van der Waals surface area contributed by atoms with E-state index in [1.165, 1.54) is 10.9 Å². The molecule has 0 spiro atoms. The van der Waals surface area contributed by atoms with Gasteiger partial charge in [-0.05, 0) is 23.8 Å². The van der Waals surface area contributed by atoms with Crippen molar-refractivity contribution < 1.29 is 0 Å². The Bertz CT molecular complexity index is 408. The first-order chi connectivity index (χ1) is 5.81. The van der Waals surface area contributed by atoms with Gasteiger partial charge in [0.1, 0.15) is 0 Å². The lowest BCUT2D eigenvalue weighted by Crippen LogP contribution is -1.72. The minimum Gasteiger partial charge on any atom is -0.361 e. The fraction of sp³-hybridized carbons (Fsp3) is 0.111. The minimum atomic E-state index is 0.782. The van der Waals surface area contributed by atoms with E-state index in [2.05, 4.69) is 20.9 Å². The van der Waals surface area contributed by atoms with Crippen molar-refractivity contribution in [1.82, 2.24) is 4.98 Å². The number of rotatable bonds is 1. The number of nitrogens with one attached hydrogen (secondary N) is 1. The molecule has 0 aliphatic rings. The topological polar surface area (TPSA) is 15.8 Å². The van der Waals surface area contributed by atoms with E-state index >= 15 is 0 Å². The molecule has 0 atom stereocenters. The number of aromatic amines is 1. The maximum absolute atomic E-state index is 5.88. The van der Waals surface area contributed by atoms with Gasteiger partial charge in [-0.25, -0.2) is 0 Å². The lowest BCUT2D eigenvalue weighted by molar-refractivity contribution is 1.41. The lowest BCUT2D eigenvalue weighted by atomic mass is 10.2. The molecule has 0 aliphatic carbocycles. The van der Waals surface area contributed by atoms with Gasteiger partial charge in [0.15, 0.2) is 0 Å². The second-order valence-corrected chi connectivity index (χ2v) is 3.63. The van der Waals surface area contributed by atoms with Crippen LogP contribution in [0.25, 0.3) is 10.9 Å². The number of halogens is 2. The zero-order chi connectivity index (χ0) is 8.55. The Morgan fingerprint density at radius 3 is 3.00 bits per heavy atom. The Morgan fingerprint density at radius 2 is 2.25 bits per heavy atom. The first kappa shape index (κ1) is 8.14. The molecule has 1 aromatic heterocycles. The SMILES string of the molecule is Clc1ccc2[nH]cc(CBr)c2c1. The summed E-state index contributed by atoms with van der Waals surface area (Å²) in [5.74, 6) is 0. The van der Waals surface area contributed by atoms with Crippen molar-refractivity contribution in [3.05, 3.63) is 35.0 Å². The van der Waals surface area contributed by atoms with Gasteiger partial charge in [-0.15, -0.1) is 0 Å². The van der Waals surface area contributed by atoms with Gasteiger partial charge in [-0.2, -0.15) is 0 Å². The first-order valence-electron chi connectivity index (χ1n) is 3.63. The van der Waals surface area contributed by atoms with Crippen LogP contribution in [-0.4, -0.2) is 4.98 Å². The smallest absolute Gasteiger partial charge is 0.0458 e. The molecular formula is C9H7BrClN. The van der Waals surface area contributed by atoms with Crippen molar-refractivity contribution in [2.45, 2.75) is 5.33 Å². The quantitative estimate of drug-likeness (QED) is 0.736. The van der Waals surface area contributed by atoms with Crippen LogP contribution in [0.15, 0.2) is 24.4 Å². The summed E-state index contributed by atoms with van der Waals surface area (Å²) in [4.78, 5) is 3.18. The summed E-state index contributed by atoms with van der Waals surface area (Å²) in [6.07, 6.45) is 2.00. The van der Waals surface area contributed by atoms with Crippen molar-refractivity contribution in [3.8, 4) is 0 Å². The summed E-state index contributed by atoms with van der Waals surface area (Å²) in [5.41, 5.74) is 2.38. The Morgan fingerprint density at radius 1 is 1.42 bits per heavy atom. The van der Waals surface area contributed by atoms with Crippen molar-refractivity contribution in [3.63, 3.8) is 0 Å². The maximum Gasteiger partial charge on any atom is 0.0458 e. The Hall–Kier alpha value is -0.470. The molecule has 1 aromatic carbocycles. The second kappa shape index (κ2) is 3.11. The highest BCUT2D eigenvalue weighted by molar-refractivity contribution is 9.08. The highest BCUT2D eigenvalue weighted by atomic mass is 79.9. The number of fused-ring (bicyclic) bond motifs is 1. The summed E-state index contributed by atoms with van der Waals surface area (Å²) in [6.45, 7) is 0. The highest BCUT2D eigenvalue weighted by Gasteiger charge is 2.01. The van der Waals surface area contributed by atoms with Crippen LogP contribution in [-0.2, 0) is 5.33 Å². The zero-order valence-electron chi connectivity index (χ0n) is 6.27. The van der Waals surface area contributed by atoms with E-state index in [1.807, 2.05) is 24.4 Å². The van der Waals surface area contributed by atoms with E-state index in [9.17, 15) is 0 Å². The van der Waals surface area contributed by atoms with E-state index in [4.69, 9.17) is 11.6 Å². The molecule has 0 saturated carbocycles. The summed E-state index contributed by atoms with van der Waals surface area (Å²) >= 11 is 9.29. The third-order valence-electron chi connectivity index (χ3n) is 1.87. The monoisotopic (exact) mass is 243 g/mol. The molecule has 1 N–H and O–H groups in total. The Labute approximate surface area is 83.9 Å². The molecule has 0 fully saturated rings. The third-order valence-corrected chi connectivity index (χ3v) is 2.71. The number of benzene rings is 1. The van der Waals surface area contributed by atoms with Crippen molar-refractivity contribution in [1.29, 1.82) is 0 Å². The van der Waals surface area contributed by atoms with Crippen LogP contribution in [0.3, 0.4) is 0 Å².